The predicted molar refractivity (Wildman–Crippen MR) is 149 cm³/mol. The zero-order valence-corrected chi connectivity index (χ0v) is 22.8. The summed E-state index contributed by atoms with van der Waals surface area (Å²) in [6, 6.07) is 11.8. The van der Waals surface area contributed by atoms with Crippen LogP contribution in [0.1, 0.15) is 11.3 Å². The Hall–Kier alpha value is -3.91. The van der Waals surface area contributed by atoms with Crippen LogP contribution in [0.4, 0.5) is 4.79 Å². The number of hydrogen-bond donors (Lipinski definition) is 1. The highest BCUT2D eigenvalue weighted by molar-refractivity contribution is 6.12. The lowest BCUT2D eigenvalue weighted by atomic mass is 10.2. The predicted octanol–water partition coefficient (Wildman–Crippen LogP) is 1.29. The number of nitrogens with zero attached hydrogens (tertiary/aromatic N) is 8. The van der Waals surface area contributed by atoms with Crippen LogP contribution in [0.15, 0.2) is 62.8 Å². The Labute approximate surface area is 233 Å². The summed E-state index contributed by atoms with van der Waals surface area (Å²) in [4.78, 5) is 29.2. The molecule has 13 heteroatoms. The van der Waals surface area contributed by atoms with E-state index in [1.807, 2.05) is 23.2 Å². The van der Waals surface area contributed by atoms with Crippen LogP contribution in [-0.2, 0) is 11.3 Å². The summed E-state index contributed by atoms with van der Waals surface area (Å²) < 4.78 is 16.3. The summed E-state index contributed by atoms with van der Waals surface area (Å²) in [7, 11) is 3.41. The number of aliphatic imine (C=N–C) groups is 2. The van der Waals surface area contributed by atoms with Crippen LogP contribution in [0.25, 0.3) is 5.70 Å². The number of methoxy groups -OCH3 is 1. The Morgan fingerprint density at radius 1 is 1.05 bits per heavy atom. The average Bonchev–Trinajstić information content (AvgIpc) is 3.69. The number of carbonyl (C=O) groups is 1. The first-order chi connectivity index (χ1) is 19.5. The van der Waals surface area contributed by atoms with E-state index in [0.717, 1.165) is 45.0 Å². The number of hydrogen-bond acceptors (Lipinski definition) is 11. The quantitative estimate of drug-likeness (QED) is 0.345. The summed E-state index contributed by atoms with van der Waals surface area (Å²) in [5, 5.41) is 4.81. The highest BCUT2D eigenvalue weighted by atomic mass is 16.5. The lowest BCUT2D eigenvalue weighted by Gasteiger charge is -2.35. The lowest BCUT2D eigenvalue weighted by molar-refractivity contribution is 0.0796. The van der Waals surface area contributed by atoms with Gasteiger partial charge < -0.3 is 13.9 Å². The standard InChI is InChI=1S/C27H35N9O4/c1-31-27(37)34(26-30-25-24(36(26)31)23(29-19-35(25)28)22-4-3-15-40-22)14-13-32-9-11-33(12-10-32)18-20-5-7-21(8-6-20)39-17-16-38-2/h3-8,15,19,26H,9-14,16-18,28H2,1-2H3. The largest absolute Gasteiger partial charge is 0.491 e. The second-order valence-corrected chi connectivity index (χ2v) is 10.1. The van der Waals surface area contributed by atoms with Crippen molar-refractivity contribution in [1.82, 2.24) is 29.7 Å². The van der Waals surface area contributed by atoms with Crippen LogP contribution >= 0.6 is 0 Å². The van der Waals surface area contributed by atoms with Gasteiger partial charge >= 0.3 is 6.03 Å². The maximum absolute atomic E-state index is 13.3. The zero-order valence-electron chi connectivity index (χ0n) is 22.8. The molecule has 4 aliphatic rings. The maximum atomic E-state index is 13.3. The van der Waals surface area contributed by atoms with E-state index in [4.69, 9.17) is 24.7 Å². The Kier molecular flexibility index (Phi) is 7.43. The van der Waals surface area contributed by atoms with Crippen molar-refractivity contribution in [3.05, 3.63) is 59.7 Å². The molecule has 13 nitrogen and oxygen atoms in total. The van der Waals surface area contributed by atoms with E-state index in [1.54, 1.807) is 36.4 Å². The molecule has 1 unspecified atom stereocenters. The van der Waals surface area contributed by atoms with Crippen molar-refractivity contribution in [3.8, 4) is 5.75 Å². The molecule has 212 valence electrons. The first-order valence-electron chi connectivity index (χ1n) is 13.5. The van der Waals surface area contributed by atoms with Gasteiger partial charge in [0.2, 0.25) is 6.29 Å². The molecular weight excluding hydrogens is 514 g/mol. The van der Waals surface area contributed by atoms with Crippen molar-refractivity contribution in [1.29, 1.82) is 0 Å². The minimum atomic E-state index is -0.511. The van der Waals surface area contributed by atoms with Crippen LogP contribution in [0.5, 0.6) is 5.75 Å². The normalized spacial score (nSPS) is 21.4. The van der Waals surface area contributed by atoms with Crippen molar-refractivity contribution < 1.29 is 18.7 Å². The first-order valence-corrected chi connectivity index (χ1v) is 13.5. The molecule has 6 rings (SSSR count). The van der Waals surface area contributed by atoms with E-state index in [-0.39, 0.29) is 6.03 Å². The van der Waals surface area contributed by atoms with Gasteiger partial charge in [0, 0.05) is 60.0 Å². The average molecular weight is 550 g/mol. The van der Waals surface area contributed by atoms with E-state index < -0.39 is 6.29 Å². The zero-order chi connectivity index (χ0) is 27.6. The molecule has 4 aliphatic heterocycles. The molecule has 0 spiro atoms. The van der Waals surface area contributed by atoms with Crippen LogP contribution in [0, 0.1) is 0 Å². The fourth-order valence-electron chi connectivity index (χ4n) is 5.38. The van der Waals surface area contributed by atoms with Crippen LogP contribution in [0.3, 0.4) is 0 Å². The van der Waals surface area contributed by atoms with Gasteiger partial charge in [-0.25, -0.2) is 35.6 Å². The Morgan fingerprint density at radius 3 is 2.55 bits per heavy atom. The van der Waals surface area contributed by atoms with Gasteiger partial charge in [0.25, 0.3) is 0 Å². The molecule has 1 aromatic heterocycles. The number of hydrazine groups is 2. The number of urea groups is 1. The fourth-order valence-corrected chi connectivity index (χ4v) is 5.38. The van der Waals surface area contributed by atoms with Gasteiger partial charge in [-0.2, -0.15) is 0 Å². The molecule has 40 heavy (non-hydrogen) atoms. The third-order valence-electron chi connectivity index (χ3n) is 7.56. The number of carbonyl (C=O) groups excluding carboxylic acids is 1. The maximum Gasteiger partial charge on any atom is 0.341 e. The molecule has 1 atom stereocenters. The molecule has 2 amide bonds. The Bertz CT molecular complexity index is 1290. The topological polar surface area (TPSA) is 119 Å². The molecule has 0 saturated carbocycles. The molecule has 2 fully saturated rings. The van der Waals surface area contributed by atoms with Crippen LogP contribution in [-0.4, -0.2) is 121 Å². The number of benzene rings is 1. The van der Waals surface area contributed by atoms with Crippen molar-refractivity contribution in [2.24, 2.45) is 15.8 Å². The first kappa shape index (κ1) is 26.3. The fraction of sp³-hybridized carbons (Fsp3) is 0.444. The van der Waals surface area contributed by atoms with Crippen LogP contribution in [0.2, 0.25) is 0 Å². The highest BCUT2D eigenvalue weighted by Crippen LogP contribution is 2.38. The van der Waals surface area contributed by atoms with Gasteiger partial charge in [0.1, 0.15) is 30.1 Å². The van der Waals surface area contributed by atoms with Gasteiger partial charge in [-0.3, -0.25) is 14.7 Å². The third kappa shape index (κ3) is 5.04. The van der Waals surface area contributed by atoms with Gasteiger partial charge in [0.15, 0.2) is 11.6 Å². The number of nitrogens with two attached hydrogens (primary N) is 1. The number of fused-ring (bicyclic) bond motifs is 3. The number of amides is 2. The second-order valence-electron chi connectivity index (χ2n) is 10.1. The molecular formula is C27H35N9O4. The number of amidine groups is 1. The van der Waals surface area contributed by atoms with Gasteiger partial charge in [0.05, 0.1) is 12.9 Å². The van der Waals surface area contributed by atoms with Gasteiger partial charge in [-0.05, 0) is 29.8 Å². The summed E-state index contributed by atoms with van der Waals surface area (Å²) in [6.45, 7) is 7.17. The molecule has 0 bridgehead atoms. The summed E-state index contributed by atoms with van der Waals surface area (Å²) in [6.07, 6.45) is 2.60. The van der Waals surface area contributed by atoms with Gasteiger partial charge in [-0.15, -0.1) is 0 Å². The molecule has 2 aromatic rings. The molecule has 0 radical (unpaired) electrons. The smallest absolute Gasteiger partial charge is 0.341 e. The number of ether oxygens (including phenoxy) is 2. The lowest BCUT2D eigenvalue weighted by Crippen LogP contribution is -2.49. The van der Waals surface area contributed by atoms with E-state index in [9.17, 15) is 4.79 Å². The minimum Gasteiger partial charge on any atom is -0.491 e. The molecule has 1 aromatic carbocycles. The summed E-state index contributed by atoms with van der Waals surface area (Å²) >= 11 is 0. The second kappa shape index (κ2) is 11.3. The molecule has 2 saturated heterocycles. The monoisotopic (exact) mass is 549 g/mol. The van der Waals surface area contributed by atoms with Gasteiger partial charge in [-0.1, -0.05) is 12.1 Å². The minimum absolute atomic E-state index is 0.106. The number of piperazine rings is 1. The summed E-state index contributed by atoms with van der Waals surface area (Å²) in [5.74, 6) is 8.18. The van der Waals surface area contributed by atoms with Crippen molar-refractivity contribution in [2.75, 3.05) is 66.6 Å². The molecule has 2 N–H and O–H groups in total. The van der Waals surface area contributed by atoms with Crippen LogP contribution < -0.4 is 10.6 Å². The van der Waals surface area contributed by atoms with E-state index >= 15 is 0 Å². The summed E-state index contributed by atoms with van der Waals surface area (Å²) in [5.41, 5.74) is 2.52. The van der Waals surface area contributed by atoms with Crippen molar-refractivity contribution >= 4 is 23.9 Å². The number of furan rings is 1. The van der Waals surface area contributed by atoms with Crippen molar-refractivity contribution in [3.63, 3.8) is 0 Å². The number of rotatable bonds is 10. The van der Waals surface area contributed by atoms with E-state index in [2.05, 4.69) is 26.9 Å². The Balaban J connectivity index is 1.04. The SMILES string of the molecule is COCCOc1ccc(CN2CCN(CCN3C(=O)N(C)N4C5=C(c6ccco6)N=CN(N)C5=NC34)CC2)cc1. The van der Waals surface area contributed by atoms with Crippen molar-refractivity contribution in [2.45, 2.75) is 12.8 Å². The third-order valence-corrected chi connectivity index (χ3v) is 7.56. The highest BCUT2D eigenvalue weighted by Gasteiger charge is 2.51. The van der Waals surface area contributed by atoms with E-state index in [1.165, 1.54) is 16.9 Å². The van der Waals surface area contributed by atoms with E-state index in [0.29, 0.717) is 42.7 Å². The Morgan fingerprint density at radius 2 is 1.82 bits per heavy atom. The molecule has 0 aliphatic carbocycles. The molecule has 5 heterocycles.